The van der Waals surface area contributed by atoms with Crippen molar-refractivity contribution in [3.8, 4) is 0 Å². The van der Waals surface area contributed by atoms with Crippen molar-refractivity contribution in [3.05, 3.63) is 74.5 Å². The maximum absolute atomic E-state index is 13.3. The Morgan fingerprint density at radius 3 is 2.45 bits per heavy atom. The van der Waals surface area contributed by atoms with Crippen molar-refractivity contribution in [1.29, 1.82) is 0 Å². The second-order valence-electron chi connectivity index (χ2n) is 12.0. The van der Waals surface area contributed by atoms with Crippen LogP contribution in [0.3, 0.4) is 0 Å². The van der Waals surface area contributed by atoms with E-state index in [9.17, 15) is 24.6 Å². The number of aromatic amines is 2. The van der Waals surface area contributed by atoms with Gasteiger partial charge in [0.05, 0.1) is 11.7 Å². The highest BCUT2D eigenvalue weighted by Gasteiger charge is 2.44. The van der Waals surface area contributed by atoms with Gasteiger partial charge >= 0.3 is 5.97 Å². The minimum Gasteiger partial charge on any atom is -0.480 e. The summed E-state index contributed by atoms with van der Waals surface area (Å²) in [6.07, 6.45) is 5.29. The fourth-order valence-electron chi connectivity index (χ4n) is 7.35. The lowest BCUT2D eigenvalue weighted by Gasteiger charge is -2.17. The van der Waals surface area contributed by atoms with Crippen LogP contribution in [-0.2, 0) is 28.9 Å². The van der Waals surface area contributed by atoms with Gasteiger partial charge in [0.25, 0.3) is 0 Å². The number of carboxylic acids is 1. The Bertz CT molecular complexity index is 1540. The first-order valence-corrected chi connectivity index (χ1v) is 14.9. The van der Waals surface area contributed by atoms with Crippen molar-refractivity contribution in [1.82, 2.24) is 20.6 Å². The smallest absolute Gasteiger partial charge is 0.326 e. The number of amides is 1. The van der Waals surface area contributed by atoms with Gasteiger partial charge in [-0.3, -0.25) is 9.59 Å². The van der Waals surface area contributed by atoms with Gasteiger partial charge in [-0.25, -0.2) is 4.79 Å². The van der Waals surface area contributed by atoms with Crippen molar-refractivity contribution < 1.29 is 24.6 Å². The van der Waals surface area contributed by atoms with Gasteiger partial charge in [-0.15, -0.1) is 0 Å². The third-order valence-electron chi connectivity index (χ3n) is 9.74. The number of aliphatic carboxylic acids is 1. The average molecular weight is 575 g/mol. The Balaban J connectivity index is 1.49. The normalized spacial score (nSPS) is 25.3. The van der Waals surface area contributed by atoms with Crippen LogP contribution in [0.1, 0.15) is 89.9 Å². The Morgan fingerprint density at radius 2 is 1.81 bits per heavy atom. The second kappa shape index (κ2) is 11.4. The van der Waals surface area contributed by atoms with Gasteiger partial charge in [0, 0.05) is 71.3 Å². The number of hydrogen-bond donors (Lipinski definition) is 6. The Kier molecular flexibility index (Phi) is 8.07. The molecule has 1 saturated heterocycles. The fraction of sp³-hybridized carbons (Fsp3) is 0.485. The van der Waals surface area contributed by atoms with Crippen molar-refractivity contribution >= 4 is 23.2 Å². The van der Waals surface area contributed by atoms with Crippen LogP contribution in [0.25, 0.3) is 5.57 Å². The number of carboxylic acid groups (broad SMARTS) is 1. The number of aliphatic hydroxyl groups is 1. The molecule has 9 heteroatoms. The maximum Gasteiger partial charge on any atom is 0.326 e. The van der Waals surface area contributed by atoms with E-state index in [1.807, 2.05) is 20.8 Å². The third kappa shape index (κ3) is 4.83. The first-order chi connectivity index (χ1) is 20.0. The Labute approximate surface area is 246 Å². The summed E-state index contributed by atoms with van der Waals surface area (Å²) in [6, 6.07) is -0.856. The van der Waals surface area contributed by atoms with E-state index in [0.717, 1.165) is 51.6 Å². The summed E-state index contributed by atoms with van der Waals surface area (Å²) in [5.74, 6) is -1.16. The summed E-state index contributed by atoms with van der Waals surface area (Å²) in [5.41, 5.74) is 11.2. The molecule has 0 spiro atoms. The lowest BCUT2D eigenvalue weighted by atomic mass is 9.85. The number of rotatable bonds is 10. The molecule has 0 radical (unpaired) electrons. The summed E-state index contributed by atoms with van der Waals surface area (Å²) < 4.78 is 0. The van der Waals surface area contributed by atoms with Crippen molar-refractivity contribution in [2.24, 2.45) is 11.8 Å². The summed E-state index contributed by atoms with van der Waals surface area (Å²) in [4.78, 5) is 44.8. The highest BCUT2D eigenvalue weighted by Crippen LogP contribution is 2.44. The molecule has 42 heavy (non-hydrogen) atoms. The zero-order chi connectivity index (χ0) is 30.5. The lowest BCUT2D eigenvalue weighted by molar-refractivity contribution is -0.140. The first-order valence-electron chi connectivity index (χ1n) is 14.9. The molecule has 2 aromatic rings. The number of aliphatic hydroxyl groups excluding tert-OH is 1. The van der Waals surface area contributed by atoms with Crippen LogP contribution < -0.4 is 10.6 Å². The van der Waals surface area contributed by atoms with E-state index in [1.165, 1.54) is 11.1 Å². The predicted octanol–water partition coefficient (Wildman–Crippen LogP) is 4.03. The summed E-state index contributed by atoms with van der Waals surface area (Å²) in [5, 5.41) is 25.6. The summed E-state index contributed by atoms with van der Waals surface area (Å²) >= 11 is 0. The molecule has 5 rings (SSSR count). The molecular formula is C33H42N4O5. The van der Waals surface area contributed by atoms with E-state index < -0.39 is 12.0 Å². The monoisotopic (exact) mass is 574 g/mol. The molecule has 0 aromatic carbocycles. The van der Waals surface area contributed by atoms with Gasteiger partial charge in [0.2, 0.25) is 5.91 Å². The van der Waals surface area contributed by atoms with Crippen molar-refractivity contribution in [2.75, 3.05) is 6.61 Å². The zero-order valence-corrected chi connectivity index (χ0v) is 25.2. The van der Waals surface area contributed by atoms with Crippen molar-refractivity contribution in [3.63, 3.8) is 0 Å². The largest absolute Gasteiger partial charge is 0.480 e. The Hall–Kier alpha value is -3.85. The average Bonchev–Trinajstić information content (AvgIpc) is 3.70. The number of hydrogen-bond acceptors (Lipinski definition) is 5. The molecule has 2 aromatic heterocycles. The number of carbonyl (C=O) groups excluding carboxylic acids is 2. The van der Waals surface area contributed by atoms with E-state index >= 15 is 0 Å². The zero-order valence-electron chi connectivity index (χ0n) is 25.2. The molecule has 1 amide bonds. The number of aromatic nitrogens is 2. The number of H-pyrrole nitrogens is 2. The number of allylic oxidation sites excluding steroid dienone is 2. The molecule has 1 aliphatic carbocycles. The van der Waals surface area contributed by atoms with Gasteiger partial charge in [0.1, 0.15) is 6.04 Å². The highest BCUT2D eigenvalue weighted by atomic mass is 16.4. The molecular weight excluding hydrogens is 532 g/mol. The third-order valence-corrected chi connectivity index (χ3v) is 9.74. The van der Waals surface area contributed by atoms with Crippen LogP contribution in [0.4, 0.5) is 0 Å². The minimum atomic E-state index is -0.909. The fourth-order valence-corrected chi connectivity index (χ4v) is 7.35. The van der Waals surface area contributed by atoms with E-state index in [0.29, 0.717) is 36.8 Å². The van der Waals surface area contributed by atoms with Gasteiger partial charge in [-0.1, -0.05) is 26.5 Å². The topological polar surface area (TPSA) is 147 Å². The number of carbonyl (C=O) groups is 3. The van der Waals surface area contributed by atoms with Gasteiger partial charge in [-0.05, 0) is 68.2 Å². The van der Waals surface area contributed by atoms with E-state index in [1.54, 1.807) is 6.08 Å². The van der Waals surface area contributed by atoms with Crippen molar-refractivity contribution in [2.45, 2.75) is 85.2 Å². The molecule has 224 valence electrons. The van der Waals surface area contributed by atoms with Crippen LogP contribution in [0.2, 0.25) is 0 Å². The van der Waals surface area contributed by atoms with Crippen LogP contribution in [0, 0.1) is 25.7 Å². The van der Waals surface area contributed by atoms with Crippen LogP contribution in [0.15, 0.2) is 29.5 Å². The molecule has 4 heterocycles. The van der Waals surface area contributed by atoms with E-state index in [2.05, 4.69) is 41.0 Å². The van der Waals surface area contributed by atoms with Gasteiger partial charge in [-0.2, -0.15) is 0 Å². The summed E-state index contributed by atoms with van der Waals surface area (Å²) in [6.45, 7) is 13.9. The van der Waals surface area contributed by atoms with E-state index in [-0.39, 0.29) is 42.6 Å². The lowest BCUT2D eigenvalue weighted by Crippen LogP contribution is -2.34. The molecule has 1 unspecified atom stereocenters. The molecule has 6 N–H and O–H groups in total. The molecule has 4 atom stereocenters. The van der Waals surface area contributed by atoms with Gasteiger partial charge < -0.3 is 30.8 Å². The molecule has 2 aliphatic heterocycles. The highest BCUT2D eigenvalue weighted by molar-refractivity contribution is 6.13. The molecule has 1 fully saturated rings. The van der Waals surface area contributed by atoms with Crippen LogP contribution >= 0.6 is 0 Å². The predicted molar refractivity (Wildman–Crippen MR) is 161 cm³/mol. The maximum atomic E-state index is 13.3. The molecule has 9 nitrogen and oxygen atoms in total. The second-order valence-corrected chi connectivity index (χ2v) is 12.0. The molecule has 0 saturated carbocycles. The van der Waals surface area contributed by atoms with Gasteiger partial charge in [0.15, 0.2) is 5.78 Å². The SMILES string of the molecule is C=CC1=C(C)C(=O)NC1Cc1[nH]c(Cc2[nH]c3c(c2C)C(=O)C/C3=C2/N[C@H](C(=O)O)[C@@H](C)[C@@H]2CCCO)c(CC)c1C. The molecule has 0 bridgehead atoms. The quantitative estimate of drug-likeness (QED) is 0.253. The Morgan fingerprint density at radius 1 is 1.07 bits per heavy atom. The first kappa shape index (κ1) is 29.6. The molecule has 3 aliphatic rings. The van der Waals surface area contributed by atoms with Crippen LogP contribution in [0.5, 0.6) is 0 Å². The van der Waals surface area contributed by atoms with E-state index in [4.69, 9.17) is 0 Å². The minimum absolute atomic E-state index is 0.0364. The number of ketones is 1. The number of fused-ring (bicyclic) bond motifs is 1. The standard InChI is InChI=1S/C33H42N4O5/c1-7-19-15(3)23(13-26-20(8-2)17(5)32(40)36-26)34-25(19)14-24-18(6)28-27(39)12-22(31(28)35-24)30-21(10-9-11-38)16(4)29(37-30)33(41)42/h8,16,21,26,29,34-35,37-38H,2,7,9-14H2,1,3-6H3,(H,36,40)(H,41,42)/b30-22-/t16-,21-,26?,29-/m0/s1. The van der Waals surface area contributed by atoms with Crippen LogP contribution in [-0.4, -0.2) is 56.5 Å². The number of nitrogens with one attached hydrogen (secondary N) is 4. The summed E-state index contributed by atoms with van der Waals surface area (Å²) in [7, 11) is 0. The number of Topliss-reactive ketones (excluding diaryl/α,β-unsaturated/α-hetero) is 1.